The van der Waals surface area contributed by atoms with Crippen LogP contribution in [-0.4, -0.2) is 70.3 Å². The summed E-state index contributed by atoms with van der Waals surface area (Å²) < 4.78 is 17.0. The molecule has 2 unspecified atom stereocenters. The van der Waals surface area contributed by atoms with Crippen LogP contribution >= 0.6 is 0 Å². The quantitative estimate of drug-likeness (QED) is 0.0659. The van der Waals surface area contributed by atoms with Gasteiger partial charge in [-0.15, -0.1) is 0 Å². The number of hydrogen-bond donors (Lipinski definition) is 2. The van der Waals surface area contributed by atoms with Crippen LogP contribution in [0, 0.1) is 0 Å². The number of aromatic nitrogens is 2. The summed E-state index contributed by atoms with van der Waals surface area (Å²) in [6.07, 6.45) is 1.87. The predicted octanol–water partition coefficient (Wildman–Crippen LogP) is 10.5. The van der Waals surface area contributed by atoms with E-state index in [4.69, 9.17) is 19.7 Å². The molecule has 2 atom stereocenters. The van der Waals surface area contributed by atoms with Crippen LogP contribution in [0.5, 0.6) is 11.5 Å². The van der Waals surface area contributed by atoms with Gasteiger partial charge in [0.2, 0.25) is 0 Å². The predicted molar refractivity (Wildman–Crippen MR) is 262 cm³/mol. The average Bonchev–Trinajstić information content (AvgIpc) is 3.84. The van der Waals surface area contributed by atoms with E-state index >= 15 is 0 Å². The molecule has 0 saturated carbocycles. The van der Waals surface area contributed by atoms with Crippen LogP contribution < -0.4 is 19.5 Å². The second-order valence-electron chi connectivity index (χ2n) is 15.8. The summed E-state index contributed by atoms with van der Waals surface area (Å²) in [4.78, 5) is 0. The van der Waals surface area contributed by atoms with Crippen molar-refractivity contribution in [3.63, 3.8) is 0 Å². The first-order valence-electron chi connectivity index (χ1n) is 21.9. The van der Waals surface area contributed by atoms with Crippen molar-refractivity contribution >= 4 is 67.4 Å². The van der Waals surface area contributed by atoms with Crippen molar-refractivity contribution in [1.29, 1.82) is 0 Å². The van der Waals surface area contributed by atoms with Gasteiger partial charge < -0.3 is 28.8 Å². The van der Waals surface area contributed by atoms with Gasteiger partial charge in [0.05, 0.1) is 36.9 Å². The van der Waals surface area contributed by atoms with Crippen molar-refractivity contribution in [3.05, 3.63) is 181 Å². The number of para-hydroxylation sites is 6. The van der Waals surface area contributed by atoms with E-state index in [0.717, 1.165) is 35.6 Å². The molecule has 7 aromatic carbocycles. The highest BCUT2D eigenvalue weighted by Crippen LogP contribution is 2.32. The highest BCUT2D eigenvalue weighted by atomic mass is 16.5. The van der Waals surface area contributed by atoms with Gasteiger partial charge >= 0.3 is 0 Å². The van der Waals surface area contributed by atoms with Crippen molar-refractivity contribution in [1.82, 2.24) is 9.13 Å². The maximum Gasteiger partial charge on any atom is 0.161 e. The standard InChI is InChI=1S/C54H52N6O4/c1-3-57-49-23-13-11-21-45(49)47-31-39(27-29-51(47)57)33-55-59(41-17-7-5-8-18-41)35-43(61)37-63-53-25-15-16-26-54(53)64-38-44(62)36-60(42-19-9-6-10-20-42)56-34-40-28-30-52-48(32-40)46-22-12-14-24-50(46)58(52)4-2/h5-34,43-44,61-62H,3-4,35-38H2,1-2H3/b55-33+,56-34+. The second-order valence-corrected chi connectivity index (χ2v) is 15.8. The third-order valence-electron chi connectivity index (χ3n) is 11.5. The molecule has 0 amide bonds. The number of aliphatic hydroxyl groups is 2. The van der Waals surface area contributed by atoms with Crippen LogP contribution in [0.25, 0.3) is 43.6 Å². The Morgan fingerprint density at radius 1 is 0.469 bits per heavy atom. The van der Waals surface area contributed by atoms with E-state index in [0.29, 0.717) is 11.5 Å². The molecule has 2 N–H and O–H groups in total. The molecular weight excluding hydrogens is 797 g/mol. The average molecular weight is 849 g/mol. The van der Waals surface area contributed by atoms with E-state index in [1.165, 1.54) is 43.6 Å². The number of rotatable bonds is 18. The molecule has 10 heteroatoms. The number of nitrogens with zero attached hydrogens (tertiary/aromatic N) is 6. The smallest absolute Gasteiger partial charge is 0.161 e. The zero-order chi connectivity index (χ0) is 43.8. The Morgan fingerprint density at radius 2 is 0.844 bits per heavy atom. The normalized spacial score (nSPS) is 12.8. The summed E-state index contributed by atoms with van der Waals surface area (Å²) in [5.74, 6) is 0.918. The molecule has 64 heavy (non-hydrogen) atoms. The molecule has 0 radical (unpaired) electrons. The molecule has 0 bridgehead atoms. The first-order chi connectivity index (χ1) is 31.5. The first kappa shape index (κ1) is 41.9. The number of ether oxygens (including phenoxy) is 2. The summed E-state index contributed by atoms with van der Waals surface area (Å²) in [5, 5.41) is 40.8. The molecular formula is C54H52N6O4. The van der Waals surface area contributed by atoms with Gasteiger partial charge in [-0.05, 0) is 97.8 Å². The molecule has 0 saturated heterocycles. The minimum Gasteiger partial charge on any atom is -0.487 e. The molecule has 322 valence electrons. The third kappa shape index (κ3) is 9.06. The van der Waals surface area contributed by atoms with Crippen LogP contribution in [0.2, 0.25) is 0 Å². The van der Waals surface area contributed by atoms with E-state index in [2.05, 4.69) is 108 Å². The van der Waals surface area contributed by atoms with Crippen LogP contribution in [-0.2, 0) is 13.1 Å². The monoisotopic (exact) mass is 848 g/mol. The fraction of sp³-hybridized carbons (Fsp3) is 0.185. The van der Waals surface area contributed by atoms with Gasteiger partial charge in [-0.2, -0.15) is 10.2 Å². The maximum absolute atomic E-state index is 11.3. The van der Waals surface area contributed by atoms with E-state index in [1.54, 1.807) is 22.2 Å². The topological polar surface area (TPSA) is 100.0 Å². The van der Waals surface area contributed by atoms with Crippen molar-refractivity contribution in [2.45, 2.75) is 39.1 Å². The minimum atomic E-state index is -0.899. The lowest BCUT2D eigenvalue weighted by Gasteiger charge is -2.24. The van der Waals surface area contributed by atoms with Gasteiger partial charge in [-0.1, -0.05) is 97.1 Å². The van der Waals surface area contributed by atoms with E-state index in [9.17, 15) is 10.2 Å². The fourth-order valence-electron chi connectivity index (χ4n) is 8.46. The lowest BCUT2D eigenvalue weighted by molar-refractivity contribution is 0.0977. The molecule has 9 rings (SSSR count). The highest BCUT2D eigenvalue weighted by Gasteiger charge is 2.18. The van der Waals surface area contributed by atoms with Gasteiger partial charge in [-0.25, -0.2) is 0 Å². The number of hydrogen-bond acceptors (Lipinski definition) is 8. The molecule has 0 aliphatic carbocycles. The number of hydrazone groups is 2. The number of benzene rings is 7. The first-order valence-corrected chi connectivity index (χ1v) is 21.9. The molecule has 2 heterocycles. The molecule has 2 aromatic heterocycles. The minimum absolute atomic E-state index is 0.00842. The summed E-state index contributed by atoms with van der Waals surface area (Å²) in [5.41, 5.74) is 8.40. The number of aliphatic hydroxyl groups excluding tert-OH is 2. The van der Waals surface area contributed by atoms with Crippen molar-refractivity contribution in [3.8, 4) is 11.5 Å². The van der Waals surface area contributed by atoms with Crippen LogP contribution in [0.4, 0.5) is 11.4 Å². The molecule has 0 spiro atoms. The lowest BCUT2D eigenvalue weighted by Crippen LogP contribution is -2.33. The summed E-state index contributed by atoms with van der Waals surface area (Å²) in [6, 6.07) is 56.6. The molecule has 0 aliphatic heterocycles. The maximum atomic E-state index is 11.3. The zero-order valence-corrected chi connectivity index (χ0v) is 36.1. The highest BCUT2D eigenvalue weighted by molar-refractivity contribution is 6.10. The van der Waals surface area contributed by atoms with E-state index in [-0.39, 0.29) is 26.3 Å². The Balaban J connectivity index is 0.851. The summed E-state index contributed by atoms with van der Waals surface area (Å²) in [7, 11) is 0. The molecule has 10 nitrogen and oxygen atoms in total. The summed E-state index contributed by atoms with van der Waals surface area (Å²) in [6.45, 7) is 6.45. The third-order valence-corrected chi connectivity index (χ3v) is 11.5. The van der Waals surface area contributed by atoms with Crippen LogP contribution in [0.15, 0.2) is 180 Å². The van der Waals surface area contributed by atoms with Crippen molar-refractivity contribution < 1.29 is 19.7 Å². The van der Waals surface area contributed by atoms with Gasteiger partial charge in [0.15, 0.2) is 11.5 Å². The van der Waals surface area contributed by atoms with Gasteiger partial charge in [0.1, 0.15) is 25.4 Å². The lowest BCUT2D eigenvalue weighted by atomic mass is 10.1. The van der Waals surface area contributed by atoms with Gasteiger partial charge in [0.25, 0.3) is 0 Å². The molecule has 9 aromatic rings. The van der Waals surface area contributed by atoms with E-state index < -0.39 is 12.2 Å². The Hall–Kier alpha value is -7.40. The Labute approximate surface area is 373 Å². The molecule has 0 aliphatic rings. The Morgan fingerprint density at radius 3 is 1.27 bits per heavy atom. The number of anilines is 2. The van der Waals surface area contributed by atoms with Gasteiger partial charge in [0, 0.05) is 56.7 Å². The van der Waals surface area contributed by atoms with Gasteiger partial charge in [-0.3, -0.25) is 10.0 Å². The largest absolute Gasteiger partial charge is 0.487 e. The Bertz CT molecular complexity index is 2850. The number of aryl methyl sites for hydroxylation is 2. The number of fused-ring (bicyclic) bond motifs is 6. The van der Waals surface area contributed by atoms with Crippen molar-refractivity contribution in [2.24, 2.45) is 10.2 Å². The fourth-order valence-corrected chi connectivity index (χ4v) is 8.46. The Kier molecular flexibility index (Phi) is 12.7. The van der Waals surface area contributed by atoms with E-state index in [1.807, 2.05) is 85.2 Å². The molecule has 0 fully saturated rings. The summed E-state index contributed by atoms with van der Waals surface area (Å²) >= 11 is 0. The van der Waals surface area contributed by atoms with Crippen LogP contribution in [0.3, 0.4) is 0 Å². The SMILES string of the molecule is CCn1c2ccccc2c2cc(/C=N/N(CC(O)COc3ccccc3OCC(O)CN(/N=C/c3ccc4c(c3)c3ccccc3n4CC)c3ccccc3)c3ccccc3)ccc21. The van der Waals surface area contributed by atoms with Crippen molar-refractivity contribution in [2.75, 3.05) is 36.3 Å². The zero-order valence-electron chi connectivity index (χ0n) is 36.1. The second kappa shape index (κ2) is 19.3. The van der Waals surface area contributed by atoms with Crippen LogP contribution in [0.1, 0.15) is 25.0 Å².